The SMILES string of the molecule is C=CC1CCC(C2CCC(C(=O)Oc3ccc4c(F)c(F)c(F)cc4c3)CC2)CC1. The number of carbonyl (C=O) groups is 1. The molecule has 160 valence electrons. The molecule has 0 atom stereocenters. The molecule has 0 spiro atoms. The van der Waals surface area contributed by atoms with E-state index in [2.05, 4.69) is 12.7 Å². The van der Waals surface area contributed by atoms with Crippen LogP contribution in [-0.4, -0.2) is 5.97 Å². The first-order valence-corrected chi connectivity index (χ1v) is 10.9. The van der Waals surface area contributed by atoms with Crippen LogP contribution in [0.5, 0.6) is 5.75 Å². The third-order valence-corrected chi connectivity index (χ3v) is 7.08. The summed E-state index contributed by atoms with van der Waals surface area (Å²) < 4.78 is 46.2. The van der Waals surface area contributed by atoms with E-state index in [0.717, 1.165) is 37.7 Å². The van der Waals surface area contributed by atoms with Gasteiger partial charge in [0.05, 0.1) is 5.92 Å². The lowest BCUT2D eigenvalue weighted by molar-refractivity contribution is -0.140. The Labute approximate surface area is 175 Å². The van der Waals surface area contributed by atoms with Crippen molar-refractivity contribution in [1.82, 2.24) is 0 Å². The molecule has 4 rings (SSSR count). The van der Waals surface area contributed by atoms with Gasteiger partial charge in [0.15, 0.2) is 17.5 Å². The number of halogens is 3. The summed E-state index contributed by atoms with van der Waals surface area (Å²) in [6.07, 6.45) is 10.7. The number of rotatable bonds is 4. The zero-order valence-corrected chi connectivity index (χ0v) is 17.0. The molecule has 2 saturated carbocycles. The van der Waals surface area contributed by atoms with Crippen molar-refractivity contribution in [2.24, 2.45) is 23.7 Å². The Morgan fingerprint density at radius 2 is 1.53 bits per heavy atom. The first kappa shape index (κ1) is 21.0. The molecule has 0 radical (unpaired) electrons. The molecule has 0 saturated heterocycles. The van der Waals surface area contributed by atoms with Crippen LogP contribution in [0.25, 0.3) is 10.8 Å². The van der Waals surface area contributed by atoms with E-state index in [4.69, 9.17) is 4.74 Å². The number of esters is 1. The Morgan fingerprint density at radius 3 is 2.17 bits per heavy atom. The highest BCUT2D eigenvalue weighted by Crippen LogP contribution is 2.42. The van der Waals surface area contributed by atoms with Gasteiger partial charge >= 0.3 is 5.97 Å². The van der Waals surface area contributed by atoms with Gasteiger partial charge in [-0.25, -0.2) is 13.2 Å². The minimum Gasteiger partial charge on any atom is -0.426 e. The molecule has 2 nitrogen and oxygen atoms in total. The maximum Gasteiger partial charge on any atom is 0.314 e. The average molecular weight is 416 g/mol. The predicted molar refractivity (Wildman–Crippen MR) is 111 cm³/mol. The van der Waals surface area contributed by atoms with Crippen molar-refractivity contribution in [2.75, 3.05) is 0 Å². The van der Waals surface area contributed by atoms with Gasteiger partial charge in [0.2, 0.25) is 0 Å². The van der Waals surface area contributed by atoms with Crippen molar-refractivity contribution in [3.05, 3.63) is 54.4 Å². The first-order chi connectivity index (χ1) is 14.5. The second-order valence-electron chi connectivity index (χ2n) is 8.81. The van der Waals surface area contributed by atoms with Gasteiger partial charge in [-0.15, -0.1) is 6.58 Å². The van der Waals surface area contributed by atoms with E-state index in [0.29, 0.717) is 11.8 Å². The number of ether oxygens (including phenoxy) is 1. The molecule has 0 amide bonds. The summed E-state index contributed by atoms with van der Waals surface area (Å²) in [6.45, 7) is 3.91. The highest BCUT2D eigenvalue weighted by atomic mass is 19.2. The largest absolute Gasteiger partial charge is 0.426 e. The van der Waals surface area contributed by atoms with Gasteiger partial charge in [-0.3, -0.25) is 4.79 Å². The predicted octanol–water partition coefficient (Wildman–Crippen LogP) is 6.96. The van der Waals surface area contributed by atoms with E-state index >= 15 is 0 Å². The number of carbonyl (C=O) groups excluding carboxylic acids is 1. The van der Waals surface area contributed by atoms with Crippen LogP contribution in [0.2, 0.25) is 0 Å². The highest BCUT2D eigenvalue weighted by Gasteiger charge is 2.33. The van der Waals surface area contributed by atoms with Crippen molar-refractivity contribution in [3.63, 3.8) is 0 Å². The second kappa shape index (κ2) is 8.83. The minimum atomic E-state index is -1.50. The van der Waals surface area contributed by atoms with Gasteiger partial charge in [0.25, 0.3) is 0 Å². The molecule has 0 heterocycles. The molecule has 0 aromatic heterocycles. The molecule has 2 fully saturated rings. The summed E-state index contributed by atoms with van der Waals surface area (Å²) in [4.78, 5) is 12.6. The van der Waals surface area contributed by atoms with Gasteiger partial charge in [0.1, 0.15) is 5.75 Å². The third kappa shape index (κ3) is 4.26. The maximum atomic E-state index is 13.8. The van der Waals surface area contributed by atoms with Crippen LogP contribution in [0.1, 0.15) is 51.4 Å². The summed E-state index contributed by atoms with van der Waals surface area (Å²) in [5.41, 5.74) is 0. The molecule has 0 N–H and O–H groups in total. The topological polar surface area (TPSA) is 26.3 Å². The van der Waals surface area contributed by atoms with Crippen LogP contribution < -0.4 is 4.74 Å². The summed E-state index contributed by atoms with van der Waals surface area (Å²) in [7, 11) is 0. The monoisotopic (exact) mass is 416 g/mol. The van der Waals surface area contributed by atoms with E-state index < -0.39 is 17.5 Å². The number of hydrogen-bond donors (Lipinski definition) is 0. The molecular formula is C25H27F3O2. The van der Waals surface area contributed by atoms with Crippen LogP contribution in [0, 0.1) is 41.1 Å². The molecule has 5 heteroatoms. The van der Waals surface area contributed by atoms with E-state index in [1.54, 1.807) is 0 Å². The molecule has 30 heavy (non-hydrogen) atoms. The molecule has 2 aromatic rings. The van der Waals surface area contributed by atoms with E-state index in [1.807, 2.05) is 0 Å². The van der Waals surface area contributed by atoms with Crippen molar-refractivity contribution in [2.45, 2.75) is 51.4 Å². The smallest absolute Gasteiger partial charge is 0.314 e. The zero-order valence-electron chi connectivity index (χ0n) is 17.0. The van der Waals surface area contributed by atoms with Crippen LogP contribution in [0.3, 0.4) is 0 Å². The second-order valence-corrected chi connectivity index (χ2v) is 8.81. The Morgan fingerprint density at radius 1 is 0.900 bits per heavy atom. The van der Waals surface area contributed by atoms with Crippen LogP contribution in [-0.2, 0) is 4.79 Å². The van der Waals surface area contributed by atoms with E-state index in [9.17, 15) is 18.0 Å². The summed E-state index contributed by atoms with van der Waals surface area (Å²) >= 11 is 0. The lowest BCUT2D eigenvalue weighted by Crippen LogP contribution is -2.30. The van der Waals surface area contributed by atoms with Crippen LogP contribution >= 0.6 is 0 Å². The Bertz CT molecular complexity index is 939. The Balaban J connectivity index is 1.35. The van der Waals surface area contributed by atoms with Gasteiger partial charge in [-0.1, -0.05) is 6.08 Å². The Hall–Kier alpha value is -2.30. The fourth-order valence-electron chi connectivity index (χ4n) is 5.22. The maximum absolute atomic E-state index is 13.8. The van der Waals surface area contributed by atoms with E-state index in [-0.39, 0.29) is 28.4 Å². The summed E-state index contributed by atoms with van der Waals surface area (Å²) in [5, 5.41) is 0.121. The van der Waals surface area contributed by atoms with Gasteiger partial charge < -0.3 is 4.74 Å². The standard InChI is InChI=1S/C25H27F3O2/c1-2-15-3-5-16(6-4-15)17-7-9-18(10-8-17)25(29)30-20-11-12-21-19(13-20)14-22(26)24(28)23(21)27/h2,11-18H,1,3-10H2. The highest BCUT2D eigenvalue weighted by molar-refractivity contribution is 5.85. The first-order valence-electron chi connectivity index (χ1n) is 10.9. The molecule has 0 unspecified atom stereocenters. The molecule has 2 aliphatic rings. The number of allylic oxidation sites excluding steroid dienone is 1. The van der Waals surface area contributed by atoms with Crippen molar-refractivity contribution >= 4 is 16.7 Å². The fraction of sp³-hybridized carbons (Fsp3) is 0.480. The van der Waals surface area contributed by atoms with Gasteiger partial charge in [-0.2, -0.15) is 0 Å². The molecule has 0 aliphatic heterocycles. The summed E-state index contributed by atoms with van der Waals surface area (Å²) in [5.74, 6) is -2.12. The lowest BCUT2D eigenvalue weighted by Gasteiger charge is -2.36. The van der Waals surface area contributed by atoms with Crippen molar-refractivity contribution in [3.8, 4) is 5.75 Å². The number of hydrogen-bond acceptors (Lipinski definition) is 2. The molecule has 0 bridgehead atoms. The number of fused-ring (bicyclic) bond motifs is 1. The summed E-state index contributed by atoms with van der Waals surface area (Å²) in [6, 6.07) is 5.02. The molecule has 2 aromatic carbocycles. The van der Waals surface area contributed by atoms with E-state index in [1.165, 1.54) is 43.9 Å². The quantitative estimate of drug-likeness (QED) is 0.233. The Kier molecular flexibility index (Phi) is 6.16. The van der Waals surface area contributed by atoms with Crippen LogP contribution in [0.4, 0.5) is 13.2 Å². The third-order valence-electron chi connectivity index (χ3n) is 7.08. The van der Waals surface area contributed by atoms with Gasteiger partial charge in [-0.05, 0) is 98.8 Å². The minimum absolute atomic E-state index is 0.0413. The number of benzene rings is 2. The molecular weight excluding hydrogens is 389 g/mol. The lowest BCUT2D eigenvalue weighted by atomic mass is 9.69. The average Bonchev–Trinajstić information content (AvgIpc) is 2.77. The van der Waals surface area contributed by atoms with Gasteiger partial charge in [0, 0.05) is 5.39 Å². The van der Waals surface area contributed by atoms with Crippen molar-refractivity contribution < 1.29 is 22.7 Å². The molecule has 2 aliphatic carbocycles. The van der Waals surface area contributed by atoms with Crippen LogP contribution in [0.15, 0.2) is 36.9 Å². The normalized spacial score (nSPS) is 27.0. The zero-order chi connectivity index (χ0) is 21.3. The van der Waals surface area contributed by atoms with Crippen molar-refractivity contribution in [1.29, 1.82) is 0 Å². The fourth-order valence-corrected chi connectivity index (χ4v) is 5.22.